The van der Waals surface area contributed by atoms with Crippen LogP contribution in [-0.2, 0) is 19.6 Å². The van der Waals surface area contributed by atoms with Crippen molar-refractivity contribution in [2.24, 2.45) is 5.73 Å². The summed E-state index contributed by atoms with van der Waals surface area (Å²) in [5.74, 6) is -0.240. The lowest BCUT2D eigenvalue weighted by Crippen LogP contribution is -2.49. The molecule has 1 aromatic carbocycles. The van der Waals surface area contributed by atoms with Gasteiger partial charge in [-0.05, 0) is 74.5 Å². The Hall–Kier alpha value is -2.10. The maximum absolute atomic E-state index is 12.5. The lowest BCUT2D eigenvalue weighted by molar-refractivity contribution is -0.118. The van der Waals surface area contributed by atoms with Gasteiger partial charge < -0.3 is 25.5 Å². The van der Waals surface area contributed by atoms with Crippen LogP contribution in [0.1, 0.15) is 63.9 Å². The second-order valence-electron chi connectivity index (χ2n) is 8.84. The predicted octanol–water partition coefficient (Wildman–Crippen LogP) is 1.90. The standard InChI is InChI=1S/C22H35BN4O4/c1-16(28)27(19(31-23-29)4-3-15-26-20(24)25)18-7-5-17(6-8-18)21-9-12-22(30-2,13-10-21)14-11-21/h5-8,19,23,29H,3-4,9-15H2,1-2H3,(H4,24,25,26)/t19-,21?,22?/m1/s1. The average molecular weight is 430 g/mol. The van der Waals surface area contributed by atoms with E-state index in [1.165, 1.54) is 12.5 Å². The number of methoxy groups -OCH3 is 1. The van der Waals surface area contributed by atoms with Gasteiger partial charge in [-0.3, -0.25) is 15.1 Å². The van der Waals surface area contributed by atoms with E-state index in [4.69, 9.17) is 20.5 Å². The number of nitrogens with zero attached hydrogens (tertiary/aromatic N) is 1. The highest BCUT2D eigenvalue weighted by atomic mass is 16.5. The molecule has 3 aliphatic rings. The Labute approximate surface area is 185 Å². The van der Waals surface area contributed by atoms with Crippen LogP contribution in [0.25, 0.3) is 0 Å². The monoisotopic (exact) mass is 430 g/mol. The lowest BCUT2D eigenvalue weighted by atomic mass is 9.56. The molecule has 170 valence electrons. The number of hydrogen-bond donors (Lipinski definition) is 4. The molecule has 3 fully saturated rings. The van der Waals surface area contributed by atoms with Gasteiger partial charge in [0, 0.05) is 26.3 Å². The van der Waals surface area contributed by atoms with E-state index in [1.54, 1.807) is 4.90 Å². The van der Waals surface area contributed by atoms with Crippen LogP contribution in [0.5, 0.6) is 0 Å². The smallest absolute Gasteiger partial charge is 0.430 e. The minimum absolute atomic E-state index is 0.0826. The van der Waals surface area contributed by atoms with Gasteiger partial charge >= 0.3 is 7.69 Å². The molecule has 0 spiro atoms. The fourth-order valence-corrected chi connectivity index (χ4v) is 5.29. The maximum Gasteiger partial charge on any atom is 0.436 e. The normalized spacial score (nSPS) is 25.6. The number of amides is 1. The first kappa shape index (κ1) is 23.6. The largest absolute Gasteiger partial charge is 0.436 e. The number of nitrogens with one attached hydrogen (secondary N) is 2. The molecular formula is C22H35BN4O4. The molecule has 1 atom stereocenters. The third-order valence-corrected chi connectivity index (χ3v) is 7.21. The number of rotatable bonds is 10. The lowest BCUT2D eigenvalue weighted by Gasteiger charge is -2.53. The highest BCUT2D eigenvalue weighted by Gasteiger charge is 2.49. The van der Waals surface area contributed by atoms with Crippen LogP contribution >= 0.6 is 0 Å². The third kappa shape index (κ3) is 5.22. The summed E-state index contributed by atoms with van der Waals surface area (Å²) in [6, 6.07) is 8.26. The molecule has 0 aliphatic heterocycles. The van der Waals surface area contributed by atoms with Gasteiger partial charge in [-0.15, -0.1) is 0 Å². The van der Waals surface area contributed by atoms with Crippen LogP contribution < -0.4 is 16.0 Å². The Bertz CT molecular complexity index is 749. The zero-order valence-corrected chi connectivity index (χ0v) is 18.7. The van der Waals surface area contributed by atoms with Crippen molar-refractivity contribution in [1.82, 2.24) is 5.32 Å². The molecule has 0 heterocycles. The number of carbonyl (C=O) groups excluding carboxylic acids is 1. The van der Waals surface area contributed by atoms with Crippen molar-refractivity contribution in [3.8, 4) is 0 Å². The van der Waals surface area contributed by atoms with E-state index in [9.17, 15) is 9.82 Å². The van der Waals surface area contributed by atoms with Gasteiger partial charge in [0.1, 0.15) is 6.23 Å². The Morgan fingerprint density at radius 3 is 2.35 bits per heavy atom. The first-order valence-corrected chi connectivity index (χ1v) is 11.1. The number of benzene rings is 1. The average Bonchev–Trinajstić information content (AvgIpc) is 2.78. The van der Waals surface area contributed by atoms with Crippen molar-refractivity contribution in [3.05, 3.63) is 29.8 Å². The molecule has 3 saturated carbocycles. The number of carbonyl (C=O) groups is 1. The Kier molecular flexibility index (Phi) is 7.62. The summed E-state index contributed by atoms with van der Waals surface area (Å²) in [4.78, 5) is 14.0. The van der Waals surface area contributed by atoms with Gasteiger partial charge in [0.25, 0.3) is 0 Å². The van der Waals surface area contributed by atoms with Crippen molar-refractivity contribution >= 4 is 25.2 Å². The maximum atomic E-state index is 12.5. The second kappa shape index (κ2) is 10.0. The second-order valence-corrected chi connectivity index (χ2v) is 8.84. The van der Waals surface area contributed by atoms with E-state index < -0.39 is 13.9 Å². The molecule has 8 nitrogen and oxygen atoms in total. The molecule has 1 aromatic rings. The van der Waals surface area contributed by atoms with Crippen molar-refractivity contribution in [3.63, 3.8) is 0 Å². The molecule has 0 saturated heterocycles. The molecule has 3 aliphatic carbocycles. The van der Waals surface area contributed by atoms with Gasteiger partial charge in [0.15, 0.2) is 5.96 Å². The van der Waals surface area contributed by atoms with Gasteiger partial charge in [-0.2, -0.15) is 0 Å². The van der Waals surface area contributed by atoms with Crippen LogP contribution in [0.4, 0.5) is 5.69 Å². The van der Waals surface area contributed by atoms with E-state index >= 15 is 0 Å². The molecule has 1 amide bonds. The molecule has 0 aromatic heterocycles. The highest BCUT2D eigenvalue weighted by Crippen LogP contribution is 2.54. The van der Waals surface area contributed by atoms with Crippen LogP contribution in [0.3, 0.4) is 0 Å². The van der Waals surface area contributed by atoms with E-state index in [0.29, 0.717) is 19.4 Å². The summed E-state index contributed by atoms with van der Waals surface area (Å²) in [6.45, 7) is 2.00. The molecule has 0 radical (unpaired) electrons. The molecule has 2 bridgehead atoms. The summed E-state index contributed by atoms with van der Waals surface area (Å²) in [7, 11) is 1.36. The summed E-state index contributed by atoms with van der Waals surface area (Å²) >= 11 is 0. The summed E-state index contributed by atoms with van der Waals surface area (Å²) in [5.41, 5.74) is 7.68. The molecule has 9 heteroatoms. The Morgan fingerprint density at radius 1 is 1.26 bits per heavy atom. The van der Waals surface area contributed by atoms with E-state index in [0.717, 1.165) is 44.2 Å². The zero-order chi connectivity index (χ0) is 22.5. The summed E-state index contributed by atoms with van der Waals surface area (Å²) in [5, 5.41) is 19.3. The van der Waals surface area contributed by atoms with E-state index in [1.807, 2.05) is 19.2 Å². The molecular weight excluding hydrogens is 395 g/mol. The van der Waals surface area contributed by atoms with Crippen molar-refractivity contribution < 1.29 is 19.2 Å². The number of hydrogen-bond acceptors (Lipinski definition) is 5. The topological polar surface area (TPSA) is 121 Å². The van der Waals surface area contributed by atoms with E-state index in [2.05, 4.69) is 17.4 Å². The minimum Gasteiger partial charge on any atom is -0.430 e. The molecule has 5 N–H and O–H groups in total. The minimum atomic E-state index is -0.591. The van der Waals surface area contributed by atoms with Crippen molar-refractivity contribution in [1.29, 1.82) is 5.41 Å². The number of ether oxygens (including phenoxy) is 1. The van der Waals surface area contributed by atoms with Crippen LogP contribution in [-0.4, -0.2) is 50.1 Å². The van der Waals surface area contributed by atoms with Crippen molar-refractivity contribution in [2.75, 3.05) is 18.6 Å². The molecule has 4 rings (SSSR count). The van der Waals surface area contributed by atoms with Crippen LogP contribution in [0.15, 0.2) is 24.3 Å². The van der Waals surface area contributed by atoms with Gasteiger partial charge in [0.2, 0.25) is 5.91 Å². The molecule has 31 heavy (non-hydrogen) atoms. The summed E-state index contributed by atoms with van der Waals surface area (Å²) < 4.78 is 11.3. The number of nitrogens with two attached hydrogens (primary N) is 1. The predicted molar refractivity (Wildman–Crippen MR) is 122 cm³/mol. The zero-order valence-electron chi connectivity index (χ0n) is 18.7. The Morgan fingerprint density at radius 2 is 1.87 bits per heavy atom. The fourth-order valence-electron chi connectivity index (χ4n) is 5.29. The molecule has 0 unspecified atom stereocenters. The van der Waals surface area contributed by atoms with Gasteiger partial charge in [0.05, 0.1) is 5.60 Å². The van der Waals surface area contributed by atoms with Gasteiger partial charge in [-0.1, -0.05) is 12.1 Å². The fraction of sp³-hybridized carbons (Fsp3) is 0.636. The number of anilines is 1. The van der Waals surface area contributed by atoms with Crippen molar-refractivity contribution in [2.45, 2.75) is 75.5 Å². The number of fused-ring (bicyclic) bond motifs is 3. The quantitative estimate of drug-likeness (QED) is 0.148. The van der Waals surface area contributed by atoms with Crippen LogP contribution in [0.2, 0.25) is 0 Å². The highest BCUT2D eigenvalue weighted by molar-refractivity contribution is 6.16. The van der Waals surface area contributed by atoms with Crippen LogP contribution in [0, 0.1) is 5.41 Å². The number of guanidine groups is 1. The van der Waals surface area contributed by atoms with Gasteiger partial charge in [-0.25, -0.2) is 0 Å². The first-order chi connectivity index (χ1) is 14.8. The SMILES string of the molecule is COC12CCC(c3ccc(N(C(C)=O)[C@@H](CCCNC(=N)N)OBO)cc3)(CC1)CC2. The third-order valence-electron chi connectivity index (χ3n) is 7.21. The first-order valence-electron chi connectivity index (χ1n) is 11.1. The van der Waals surface area contributed by atoms with E-state index in [-0.39, 0.29) is 22.9 Å². The Balaban J connectivity index is 1.73. The summed E-state index contributed by atoms with van der Waals surface area (Å²) in [6.07, 6.45) is 7.26.